The van der Waals surface area contributed by atoms with E-state index in [1.54, 1.807) is 0 Å². The minimum absolute atomic E-state index is 0.0139. The van der Waals surface area contributed by atoms with Crippen molar-refractivity contribution in [2.24, 2.45) is 5.92 Å². The molecular formula is C21H29N5O. The first-order chi connectivity index (χ1) is 12.9. The molecule has 27 heavy (non-hydrogen) atoms. The SMILES string of the molecule is CC(C)(C)c1ccc2nnc(C3CCN(C(=O)C4CC=CCC4)CC3)n2n1. The first-order valence-corrected chi connectivity index (χ1v) is 10.1. The van der Waals surface area contributed by atoms with Crippen LogP contribution in [0.4, 0.5) is 0 Å². The number of carbonyl (C=O) groups is 1. The molecule has 1 aliphatic carbocycles. The maximum absolute atomic E-state index is 12.8. The zero-order chi connectivity index (χ0) is 19.0. The summed E-state index contributed by atoms with van der Waals surface area (Å²) in [5.74, 6) is 1.75. The highest BCUT2D eigenvalue weighted by Gasteiger charge is 2.31. The molecule has 2 aliphatic rings. The number of rotatable bonds is 2. The molecule has 6 heteroatoms. The van der Waals surface area contributed by atoms with E-state index in [9.17, 15) is 4.79 Å². The van der Waals surface area contributed by atoms with Gasteiger partial charge in [-0.15, -0.1) is 10.2 Å². The zero-order valence-corrected chi connectivity index (χ0v) is 16.6. The molecule has 1 unspecified atom stereocenters. The van der Waals surface area contributed by atoms with Crippen LogP contribution in [0.15, 0.2) is 24.3 Å². The predicted octanol–water partition coefficient (Wildman–Crippen LogP) is 3.48. The van der Waals surface area contributed by atoms with Crippen molar-refractivity contribution in [1.29, 1.82) is 0 Å². The van der Waals surface area contributed by atoms with Gasteiger partial charge < -0.3 is 4.90 Å². The van der Waals surface area contributed by atoms with Crippen LogP contribution in [0.2, 0.25) is 0 Å². The number of likely N-dealkylation sites (tertiary alicyclic amines) is 1. The largest absolute Gasteiger partial charge is 0.342 e. The minimum atomic E-state index is -0.0139. The van der Waals surface area contributed by atoms with E-state index in [1.165, 1.54) is 0 Å². The van der Waals surface area contributed by atoms with Crippen LogP contribution < -0.4 is 0 Å². The van der Waals surface area contributed by atoms with Crippen LogP contribution in [0.1, 0.15) is 70.3 Å². The molecular weight excluding hydrogens is 338 g/mol. The molecule has 2 aromatic heterocycles. The molecule has 1 saturated heterocycles. The number of fused-ring (bicyclic) bond motifs is 1. The highest BCUT2D eigenvalue weighted by molar-refractivity contribution is 5.79. The van der Waals surface area contributed by atoms with Crippen LogP contribution in [0.3, 0.4) is 0 Å². The van der Waals surface area contributed by atoms with Crippen molar-refractivity contribution in [3.63, 3.8) is 0 Å². The molecule has 1 aliphatic heterocycles. The first kappa shape index (κ1) is 18.1. The second-order valence-corrected chi connectivity index (χ2v) is 8.88. The second kappa shape index (κ2) is 7.06. The van der Waals surface area contributed by atoms with Gasteiger partial charge in [-0.05, 0) is 44.2 Å². The average molecular weight is 367 g/mol. The number of nitrogens with zero attached hydrogens (tertiary/aromatic N) is 5. The van der Waals surface area contributed by atoms with Gasteiger partial charge in [-0.3, -0.25) is 4.79 Å². The molecule has 1 atom stereocenters. The van der Waals surface area contributed by atoms with E-state index in [0.29, 0.717) is 11.8 Å². The van der Waals surface area contributed by atoms with Crippen LogP contribution in [0.5, 0.6) is 0 Å². The van der Waals surface area contributed by atoms with Gasteiger partial charge in [0, 0.05) is 30.3 Å². The summed E-state index contributed by atoms with van der Waals surface area (Å²) in [7, 11) is 0. The van der Waals surface area contributed by atoms with Crippen LogP contribution in [0, 0.1) is 5.92 Å². The van der Waals surface area contributed by atoms with Gasteiger partial charge in [0.25, 0.3) is 0 Å². The van der Waals surface area contributed by atoms with E-state index < -0.39 is 0 Å². The normalized spacial score (nSPS) is 21.7. The summed E-state index contributed by atoms with van der Waals surface area (Å²) < 4.78 is 1.91. The van der Waals surface area contributed by atoms with Gasteiger partial charge in [0.2, 0.25) is 5.91 Å². The average Bonchev–Trinajstić information content (AvgIpc) is 3.11. The van der Waals surface area contributed by atoms with Gasteiger partial charge >= 0.3 is 0 Å². The van der Waals surface area contributed by atoms with Crippen molar-refractivity contribution in [2.75, 3.05) is 13.1 Å². The van der Waals surface area contributed by atoms with E-state index in [2.05, 4.69) is 48.0 Å². The fraction of sp³-hybridized carbons (Fsp3) is 0.619. The standard InChI is InChI=1S/C21H29N5O/c1-21(2,3)17-9-10-18-22-23-19(26(18)24-17)15-11-13-25(14-12-15)20(27)16-7-5-4-6-8-16/h4-5,9-10,15-16H,6-8,11-14H2,1-3H3. The summed E-state index contributed by atoms with van der Waals surface area (Å²) in [6.07, 6.45) is 9.11. The number of carbonyl (C=O) groups excluding carboxylic acids is 1. The minimum Gasteiger partial charge on any atom is -0.342 e. The highest BCUT2D eigenvalue weighted by Crippen LogP contribution is 2.30. The van der Waals surface area contributed by atoms with Gasteiger partial charge in [0.15, 0.2) is 11.5 Å². The molecule has 0 bridgehead atoms. The number of hydrogen-bond donors (Lipinski definition) is 0. The second-order valence-electron chi connectivity index (χ2n) is 8.88. The van der Waals surface area contributed by atoms with E-state index in [4.69, 9.17) is 5.10 Å². The lowest BCUT2D eigenvalue weighted by atomic mass is 9.90. The predicted molar refractivity (Wildman–Crippen MR) is 105 cm³/mol. The monoisotopic (exact) mass is 367 g/mol. The zero-order valence-electron chi connectivity index (χ0n) is 16.6. The van der Waals surface area contributed by atoms with Gasteiger partial charge in [-0.1, -0.05) is 32.9 Å². The number of amides is 1. The maximum atomic E-state index is 12.8. The molecule has 0 N–H and O–H groups in total. The number of aromatic nitrogens is 4. The van der Waals surface area contributed by atoms with Crippen LogP contribution in [-0.2, 0) is 10.2 Å². The Bertz CT molecular complexity index is 855. The van der Waals surface area contributed by atoms with Gasteiger partial charge in [0.1, 0.15) is 0 Å². The number of piperidine rings is 1. The van der Waals surface area contributed by atoms with Crippen molar-refractivity contribution < 1.29 is 4.79 Å². The number of hydrogen-bond acceptors (Lipinski definition) is 4. The van der Waals surface area contributed by atoms with Crippen molar-refractivity contribution in [3.05, 3.63) is 35.8 Å². The van der Waals surface area contributed by atoms with Crippen molar-refractivity contribution in [2.45, 2.75) is 64.2 Å². The van der Waals surface area contributed by atoms with Gasteiger partial charge in [0.05, 0.1) is 5.69 Å². The third kappa shape index (κ3) is 3.62. The summed E-state index contributed by atoms with van der Waals surface area (Å²) in [5.41, 5.74) is 1.82. The summed E-state index contributed by atoms with van der Waals surface area (Å²) in [6.45, 7) is 8.09. The molecule has 3 heterocycles. The molecule has 6 nitrogen and oxygen atoms in total. The first-order valence-electron chi connectivity index (χ1n) is 10.1. The molecule has 0 spiro atoms. The Kier molecular flexibility index (Phi) is 4.74. The van der Waals surface area contributed by atoms with E-state index in [-0.39, 0.29) is 11.3 Å². The number of allylic oxidation sites excluding steroid dienone is 2. The Labute approximate surface area is 160 Å². The Hall–Kier alpha value is -2.24. The summed E-state index contributed by atoms with van der Waals surface area (Å²) in [5, 5.41) is 13.6. The van der Waals surface area contributed by atoms with Crippen LogP contribution in [-0.4, -0.2) is 43.7 Å². The van der Waals surface area contributed by atoms with Crippen molar-refractivity contribution in [1.82, 2.24) is 24.7 Å². The molecule has 2 aromatic rings. The van der Waals surface area contributed by atoms with Crippen LogP contribution in [0.25, 0.3) is 5.65 Å². The van der Waals surface area contributed by atoms with E-state index in [1.807, 2.05) is 16.6 Å². The molecule has 0 radical (unpaired) electrons. The lowest BCUT2D eigenvalue weighted by molar-refractivity contribution is -0.136. The van der Waals surface area contributed by atoms with Crippen LogP contribution >= 0.6 is 0 Å². The summed E-state index contributed by atoms with van der Waals surface area (Å²) in [4.78, 5) is 14.8. The molecule has 4 rings (SSSR count). The lowest BCUT2D eigenvalue weighted by Crippen LogP contribution is -2.41. The van der Waals surface area contributed by atoms with E-state index in [0.717, 1.165) is 62.4 Å². The molecule has 144 valence electrons. The van der Waals surface area contributed by atoms with Crippen molar-refractivity contribution in [3.8, 4) is 0 Å². The molecule has 0 aromatic carbocycles. The smallest absolute Gasteiger partial charge is 0.226 e. The summed E-state index contributed by atoms with van der Waals surface area (Å²) >= 11 is 0. The Morgan fingerprint density at radius 3 is 2.52 bits per heavy atom. The molecule has 0 saturated carbocycles. The third-order valence-electron chi connectivity index (χ3n) is 5.85. The lowest BCUT2D eigenvalue weighted by Gasteiger charge is -2.34. The Balaban J connectivity index is 1.48. The topological polar surface area (TPSA) is 63.4 Å². The Morgan fingerprint density at radius 2 is 1.85 bits per heavy atom. The van der Waals surface area contributed by atoms with Crippen molar-refractivity contribution >= 4 is 11.6 Å². The van der Waals surface area contributed by atoms with Gasteiger partial charge in [-0.2, -0.15) is 9.61 Å². The fourth-order valence-electron chi connectivity index (χ4n) is 4.09. The van der Waals surface area contributed by atoms with Gasteiger partial charge in [-0.25, -0.2) is 0 Å². The maximum Gasteiger partial charge on any atom is 0.226 e. The molecule has 1 amide bonds. The fourth-order valence-corrected chi connectivity index (χ4v) is 4.09. The molecule has 1 fully saturated rings. The third-order valence-corrected chi connectivity index (χ3v) is 5.85. The Morgan fingerprint density at radius 1 is 1.07 bits per heavy atom. The van der Waals surface area contributed by atoms with E-state index >= 15 is 0 Å². The highest BCUT2D eigenvalue weighted by atomic mass is 16.2. The quantitative estimate of drug-likeness (QED) is 0.762. The summed E-state index contributed by atoms with van der Waals surface area (Å²) in [6, 6.07) is 4.03.